The predicted octanol–water partition coefficient (Wildman–Crippen LogP) is 3.42. The molecule has 0 saturated heterocycles. The maximum Gasteiger partial charge on any atom is 0.0963 e. The molecule has 1 atom stereocenters. The van der Waals surface area contributed by atoms with Crippen molar-refractivity contribution in [2.75, 3.05) is 5.75 Å². The van der Waals surface area contributed by atoms with Gasteiger partial charge < -0.3 is 5.11 Å². The summed E-state index contributed by atoms with van der Waals surface area (Å²) in [5.74, 6) is 2.05. The quantitative estimate of drug-likeness (QED) is 0.815. The van der Waals surface area contributed by atoms with Gasteiger partial charge in [0, 0.05) is 11.9 Å². The van der Waals surface area contributed by atoms with Gasteiger partial charge in [0.2, 0.25) is 0 Å². The van der Waals surface area contributed by atoms with Crippen molar-refractivity contribution >= 4 is 11.8 Å². The number of thioether (sulfide) groups is 1. The average molecular weight is 237 g/mol. The third kappa shape index (κ3) is 3.22. The van der Waals surface area contributed by atoms with Crippen molar-refractivity contribution in [3.63, 3.8) is 0 Å². The summed E-state index contributed by atoms with van der Waals surface area (Å²) in [6.45, 7) is 1.79. The molecule has 1 heterocycles. The molecule has 1 aromatic rings. The second-order valence-corrected chi connectivity index (χ2v) is 5.61. The molecule has 0 spiro atoms. The van der Waals surface area contributed by atoms with Crippen LogP contribution in [0.4, 0.5) is 0 Å². The van der Waals surface area contributed by atoms with E-state index in [-0.39, 0.29) is 0 Å². The molecule has 1 N–H and O–H groups in total. The van der Waals surface area contributed by atoms with Crippen LogP contribution < -0.4 is 0 Å². The minimum atomic E-state index is -0.395. The lowest BCUT2D eigenvalue weighted by atomic mass is 10.1. The van der Waals surface area contributed by atoms with Crippen LogP contribution in [0.5, 0.6) is 0 Å². The van der Waals surface area contributed by atoms with Crippen molar-refractivity contribution in [2.24, 2.45) is 5.92 Å². The molecule has 2 nitrogen and oxygen atoms in total. The highest BCUT2D eigenvalue weighted by molar-refractivity contribution is 7.99. The molecule has 3 heteroatoms. The Labute approximate surface area is 101 Å². The van der Waals surface area contributed by atoms with Crippen molar-refractivity contribution in [2.45, 2.75) is 43.7 Å². The molecule has 1 aliphatic carbocycles. The SMILES string of the molecule is CC(O)c1ccnc(SCC2CCCC2)c1. The summed E-state index contributed by atoms with van der Waals surface area (Å²) in [5.41, 5.74) is 0.962. The first-order valence-corrected chi connectivity index (χ1v) is 7.01. The Hall–Kier alpha value is -0.540. The molecule has 0 radical (unpaired) electrons. The molecular weight excluding hydrogens is 218 g/mol. The molecule has 0 amide bonds. The molecule has 0 aliphatic heterocycles. The first-order valence-electron chi connectivity index (χ1n) is 6.02. The summed E-state index contributed by atoms with van der Waals surface area (Å²) in [6, 6.07) is 3.88. The van der Waals surface area contributed by atoms with Crippen LogP contribution in [0.3, 0.4) is 0 Å². The third-order valence-electron chi connectivity index (χ3n) is 3.18. The fourth-order valence-corrected chi connectivity index (χ4v) is 3.24. The van der Waals surface area contributed by atoms with Gasteiger partial charge in [-0.3, -0.25) is 0 Å². The van der Waals surface area contributed by atoms with Crippen molar-refractivity contribution < 1.29 is 5.11 Å². The zero-order chi connectivity index (χ0) is 11.4. The summed E-state index contributed by atoms with van der Waals surface area (Å²) in [5, 5.41) is 10.5. The van der Waals surface area contributed by atoms with Crippen LogP contribution >= 0.6 is 11.8 Å². The molecule has 0 bridgehead atoms. The monoisotopic (exact) mass is 237 g/mol. The topological polar surface area (TPSA) is 33.1 Å². The number of rotatable bonds is 4. The van der Waals surface area contributed by atoms with E-state index in [2.05, 4.69) is 4.98 Å². The van der Waals surface area contributed by atoms with Crippen LogP contribution in [0.15, 0.2) is 23.4 Å². The van der Waals surface area contributed by atoms with Crippen molar-refractivity contribution in [1.29, 1.82) is 0 Å². The Bertz CT molecular complexity index is 334. The van der Waals surface area contributed by atoms with Gasteiger partial charge in [0.1, 0.15) is 0 Å². The molecule has 88 valence electrons. The van der Waals surface area contributed by atoms with E-state index < -0.39 is 6.10 Å². The molecule has 16 heavy (non-hydrogen) atoms. The molecule has 1 fully saturated rings. The Morgan fingerprint density at radius 2 is 2.25 bits per heavy atom. The van der Waals surface area contributed by atoms with E-state index in [1.165, 1.54) is 31.4 Å². The number of aromatic nitrogens is 1. The van der Waals surface area contributed by atoms with Crippen molar-refractivity contribution in [1.82, 2.24) is 4.98 Å². The Kier molecular flexibility index (Phi) is 4.24. The second kappa shape index (κ2) is 5.69. The summed E-state index contributed by atoms with van der Waals surface area (Å²) in [4.78, 5) is 4.33. The van der Waals surface area contributed by atoms with Crippen LogP contribution in [-0.2, 0) is 0 Å². The normalized spacial score (nSPS) is 18.9. The van der Waals surface area contributed by atoms with Gasteiger partial charge in [0.25, 0.3) is 0 Å². The first-order chi connectivity index (χ1) is 7.75. The maximum atomic E-state index is 9.49. The van der Waals surface area contributed by atoms with Crippen molar-refractivity contribution in [3.05, 3.63) is 23.9 Å². The number of nitrogens with zero attached hydrogens (tertiary/aromatic N) is 1. The van der Waals surface area contributed by atoms with Gasteiger partial charge in [-0.25, -0.2) is 4.98 Å². The molecule has 1 aromatic heterocycles. The van der Waals surface area contributed by atoms with Gasteiger partial charge in [-0.2, -0.15) is 0 Å². The summed E-state index contributed by atoms with van der Waals surface area (Å²) in [7, 11) is 0. The zero-order valence-electron chi connectivity index (χ0n) is 9.72. The first kappa shape index (κ1) is 11.9. The molecule has 1 unspecified atom stereocenters. The van der Waals surface area contributed by atoms with Crippen LogP contribution in [-0.4, -0.2) is 15.8 Å². The standard InChI is InChI=1S/C13H19NOS/c1-10(15)12-6-7-14-13(8-12)16-9-11-4-2-3-5-11/h6-8,10-11,15H,2-5,9H2,1H3. The fourth-order valence-electron chi connectivity index (χ4n) is 2.14. The Morgan fingerprint density at radius 3 is 2.94 bits per heavy atom. The van der Waals surface area contributed by atoms with Gasteiger partial charge in [-0.15, -0.1) is 11.8 Å². The van der Waals surface area contributed by atoms with E-state index in [1.807, 2.05) is 23.9 Å². The Morgan fingerprint density at radius 1 is 1.50 bits per heavy atom. The van der Waals surface area contributed by atoms with E-state index in [9.17, 15) is 5.11 Å². The lowest BCUT2D eigenvalue weighted by Gasteiger charge is -2.09. The lowest BCUT2D eigenvalue weighted by molar-refractivity contribution is 0.199. The highest BCUT2D eigenvalue weighted by Gasteiger charge is 2.15. The minimum absolute atomic E-state index is 0.395. The van der Waals surface area contributed by atoms with Gasteiger partial charge in [-0.1, -0.05) is 12.8 Å². The van der Waals surface area contributed by atoms with Gasteiger partial charge in [0.05, 0.1) is 11.1 Å². The van der Waals surface area contributed by atoms with Crippen LogP contribution in [0.25, 0.3) is 0 Å². The zero-order valence-corrected chi connectivity index (χ0v) is 10.5. The van der Waals surface area contributed by atoms with E-state index >= 15 is 0 Å². The Balaban J connectivity index is 1.90. The summed E-state index contributed by atoms with van der Waals surface area (Å²) in [6.07, 6.45) is 6.94. The second-order valence-electron chi connectivity index (χ2n) is 4.56. The summed E-state index contributed by atoms with van der Waals surface area (Å²) < 4.78 is 0. The largest absolute Gasteiger partial charge is 0.389 e. The fraction of sp³-hybridized carbons (Fsp3) is 0.615. The molecule has 1 saturated carbocycles. The molecule has 2 rings (SSSR count). The molecular formula is C13H19NOS. The van der Waals surface area contributed by atoms with Gasteiger partial charge >= 0.3 is 0 Å². The number of hydrogen-bond acceptors (Lipinski definition) is 3. The van der Waals surface area contributed by atoms with E-state index in [0.717, 1.165) is 16.5 Å². The maximum absolute atomic E-state index is 9.49. The van der Waals surface area contributed by atoms with Crippen LogP contribution in [0.2, 0.25) is 0 Å². The van der Waals surface area contributed by atoms with Gasteiger partial charge in [-0.05, 0) is 43.4 Å². The van der Waals surface area contributed by atoms with E-state index in [4.69, 9.17) is 0 Å². The lowest BCUT2D eigenvalue weighted by Crippen LogP contribution is -1.98. The van der Waals surface area contributed by atoms with Gasteiger partial charge in [0.15, 0.2) is 0 Å². The highest BCUT2D eigenvalue weighted by atomic mass is 32.2. The predicted molar refractivity (Wildman–Crippen MR) is 67.6 cm³/mol. The average Bonchev–Trinajstić information content (AvgIpc) is 2.79. The molecule has 1 aliphatic rings. The number of hydrogen-bond donors (Lipinski definition) is 1. The van der Waals surface area contributed by atoms with Crippen molar-refractivity contribution in [3.8, 4) is 0 Å². The number of aliphatic hydroxyl groups is 1. The number of aliphatic hydroxyl groups excluding tert-OH is 1. The minimum Gasteiger partial charge on any atom is -0.389 e. The number of pyridine rings is 1. The highest BCUT2D eigenvalue weighted by Crippen LogP contribution is 2.30. The molecule has 0 aromatic carbocycles. The third-order valence-corrected chi connectivity index (χ3v) is 4.34. The summed E-state index contributed by atoms with van der Waals surface area (Å²) >= 11 is 1.83. The van der Waals surface area contributed by atoms with Crippen LogP contribution in [0, 0.1) is 5.92 Å². The van der Waals surface area contributed by atoms with E-state index in [0.29, 0.717) is 0 Å². The van der Waals surface area contributed by atoms with Crippen LogP contribution in [0.1, 0.15) is 44.3 Å². The van der Waals surface area contributed by atoms with E-state index in [1.54, 1.807) is 13.1 Å². The smallest absolute Gasteiger partial charge is 0.0963 e.